The van der Waals surface area contributed by atoms with Crippen LogP contribution in [0.2, 0.25) is 0 Å². The Kier molecular flexibility index (Phi) is 3.94. The van der Waals surface area contributed by atoms with Crippen molar-refractivity contribution in [2.24, 2.45) is 5.92 Å². The van der Waals surface area contributed by atoms with Crippen LogP contribution in [0.15, 0.2) is 12.1 Å². The number of nitrogens with zero attached hydrogens (tertiary/aromatic N) is 3. The summed E-state index contributed by atoms with van der Waals surface area (Å²) in [7, 11) is 3.90. The summed E-state index contributed by atoms with van der Waals surface area (Å²) in [6.07, 6.45) is 0. The molecule has 2 aromatic rings. The van der Waals surface area contributed by atoms with Crippen molar-refractivity contribution in [3.8, 4) is 0 Å². The Morgan fingerprint density at radius 1 is 1.30 bits per heavy atom. The molecule has 0 aliphatic rings. The van der Waals surface area contributed by atoms with Gasteiger partial charge in [-0.3, -0.25) is 0 Å². The van der Waals surface area contributed by atoms with Crippen molar-refractivity contribution in [3.63, 3.8) is 0 Å². The van der Waals surface area contributed by atoms with E-state index >= 15 is 0 Å². The predicted molar refractivity (Wildman–Crippen MR) is 76.5 cm³/mol. The molecule has 0 saturated carbocycles. The van der Waals surface area contributed by atoms with Gasteiger partial charge in [0, 0.05) is 18.7 Å². The maximum absolute atomic E-state index is 13.8. The molecule has 0 spiro atoms. The Balaban J connectivity index is 2.65. The van der Waals surface area contributed by atoms with Crippen LogP contribution in [0.4, 0.5) is 14.7 Å². The fourth-order valence-corrected chi connectivity index (χ4v) is 2.45. The zero-order chi connectivity index (χ0) is 15.0. The van der Waals surface area contributed by atoms with Crippen LogP contribution in [0.25, 0.3) is 11.0 Å². The van der Waals surface area contributed by atoms with Gasteiger partial charge in [0.1, 0.15) is 11.3 Å². The lowest BCUT2D eigenvalue weighted by Crippen LogP contribution is -2.29. The molecule has 1 heterocycles. The van der Waals surface area contributed by atoms with Gasteiger partial charge in [-0.25, -0.2) is 13.8 Å². The van der Waals surface area contributed by atoms with Gasteiger partial charge in [-0.2, -0.15) is 0 Å². The number of aromatic nitrogens is 2. The zero-order valence-electron chi connectivity index (χ0n) is 12.2. The number of likely N-dealkylation sites (N-methyl/N-ethyl adjacent to an activating group) is 1. The van der Waals surface area contributed by atoms with Crippen molar-refractivity contribution < 1.29 is 8.78 Å². The molecule has 1 aromatic carbocycles. The van der Waals surface area contributed by atoms with Crippen LogP contribution in [0.5, 0.6) is 0 Å². The van der Waals surface area contributed by atoms with Gasteiger partial charge in [-0.05, 0) is 20.0 Å². The molecule has 4 nitrogen and oxygen atoms in total. The minimum Gasteiger partial charge on any atom is -0.369 e. The summed E-state index contributed by atoms with van der Waals surface area (Å²) < 4.78 is 29.0. The average Bonchev–Trinajstić information content (AvgIpc) is 2.62. The first-order valence-corrected chi connectivity index (χ1v) is 6.58. The maximum Gasteiger partial charge on any atom is 0.201 e. The summed E-state index contributed by atoms with van der Waals surface area (Å²) in [4.78, 5) is 6.06. The number of hydrogen-bond donors (Lipinski definition) is 1. The minimum atomic E-state index is -0.683. The summed E-state index contributed by atoms with van der Waals surface area (Å²) in [5.41, 5.74) is 6.45. The van der Waals surface area contributed by atoms with Gasteiger partial charge in [0.05, 0.1) is 11.6 Å². The van der Waals surface area contributed by atoms with E-state index in [1.165, 1.54) is 6.07 Å². The molecule has 110 valence electrons. The summed E-state index contributed by atoms with van der Waals surface area (Å²) in [6, 6.07) is 2.11. The molecule has 0 fully saturated rings. The molecule has 0 aliphatic carbocycles. The molecule has 2 N–H and O–H groups in total. The molecule has 2 rings (SSSR count). The number of nitrogens with two attached hydrogens (primary N) is 1. The Morgan fingerprint density at radius 3 is 2.50 bits per heavy atom. The van der Waals surface area contributed by atoms with E-state index in [1.54, 1.807) is 4.57 Å². The number of hydrogen-bond acceptors (Lipinski definition) is 3. The number of imidazole rings is 1. The van der Waals surface area contributed by atoms with Crippen molar-refractivity contribution >= 4 is 17.0 Å². The summed E-state index contributed by atoms with van der Waals surface area (Å²) >= 11 is 0. The van der Waals surface area contributed by atoms with E-state index in [2.05, 4.69) is 18.8 Å². The second-order valence-corrected chi connectivity index (χ2v) is 5.67. The van der Waals surface area contributed by atoms with E-state index in [1.807, 2.05) is 19.0 Å². The first kappa shape index (κ1) is 14.7. The van der Waals surface area contributed by atoms with E-state index in [4.69, 9.17) is 5.73 Å². The van der Waals surface area contributed by atoms with Crippen LogP contribution >= 0.6 is 0 Å². The Hall–Kier alpha value is -1.69. The lowest BCUT2D eigenvalue weighted by molar-refractivity contribution is 0.275. The van der Waals surface area contributed by atoms with Crippen molar-refractivity contribution in [3.05, 3.63) is 23.8 Å². The second-order valence-electron chi connectivity index (χ2n) is 5.67. The minimum absolute atomic E-state index is 0.00352. The van der Waals surface area contributed by atoms with Crippen LogP contribution in [0.1, 0.15) is 19.9 Å². The number of rotatable bonds is 4. The molecule has 6 heteroatoms. The van der Waals surface area contributed by atoms with Crippen molar-refractivity contribution in [2.45, 2.75) is 19.9 Å². The number of fused-ring (bicyclic) bond motifs is 1. The fourth-order valence-electron chi connectivity index (χ4n) is 2.45. The topological polar surface area (TPSA) is 47.1 Å². The van der Waals surface area contributed by atoms with Gasteiger partial charge in [0.2, 0.25) is 5.95 Å². The first-order valence-electron chi connectivity index (χ1n) is 6.58. The maximum atomic E-state index is 13.8. The quantitative estimate of drug-likeness (QED) is 0.937. The largest absolute Gasteiger partial charge is 0.369 e. The SMILES string of the molecule is CC(C)C(CN(C)C)n1c(N)nc2c(F)cc(F)cc21. The highest BCUT2D eigenvalue weighted by Gasteiger charge is 2.23. The second kappa shape index (κ2) is 5.36. The third kappa shape index (κ3) is 2.60. The number of halogens is 2. The summed E-state index contributed by atoms with van der Waals surface area (Å²) in [5.74, 6) is -0.838. The van der Waals surface area contributed by atoms with E-state index in [0.717, 1.165) is 6.07 Å². The molecule has 1 atom stereocenters. The fraction of sp³-hybridized carbons (Fsp3) is 0.500. The lowest BCUT2D eigenvalue weighted by Gasteiger charge is -2.27. The Bertz CT molecular complexity index is 619. The Labute approximate surface area is 117 Å². The third-order valence-electron chi connectivity index (χ3n) is 3.39. The van der Waals surface area contributed by atoms with Crippen LogP contribution in [-0.4, -0.2) is 35.1 Å². The summed E-state index contributed by atoms with van der Waals surface area (Å²) in [6.45, 7) is 4.82. The average molecular weight is 282 g/mol. The molecule has 1 unspecified atom stereocenters. The van der Waals surface area contributed by atoms with Gasteiger partial charge in [-0.1, -0.05) is 13.8 Å². The number of benzene rings is 1. The molecular formula is C14H20F2N4. The van der Waals surface area contributed by atoms with Crippen molar-refractivity contribution in [2.75, 3.05) is 26.4 Å². The van der Waals surface area contributed by atoms with E-state index in [0.29, 0.717) is 12.1 Å². The van der Waals surface area contributed by atoms with Gasteiger partial charge in [0.15, 0.2) is 5.82 Å². The number of nitrogen functional groups attached to an aromatic ring is 1. The predicted octanol–water partition coefficient (Wildman–Crippen LogP) is 2.66. The monoisotopic (exact) mass is 282 g/mol. The highest BCUT2D eigenvalue weighted by atomic mass is 19.1. The smallest absolute Gasteiger partial charge is 0.201 e. The number of anilines is 1. The normalized spacial score (nSPS) is 13.6. The van der Waals surface area contributed by atoms with Crippen LogP contribution in [0.3, 0.4) is 0 Å². The van der Waals surface area contributed by atoms with Crippen LogP contribution < -0.4 is 5.73 Å². The Morgan fingerprint density at radius 2 is 1.95 bits per heavy atom. The standard InChI is InChI=1S/C14H20F2N4/c1-8(2)12(7-19(3)4)20-11-6-9(15)5-10(16)13(11)18-14(20)17/h5-6,8,12H,7H2,1-4H3,(H2,17,18). The van der Waals surface area contributed by atoms with Crippen molar-refractivity contribution in [1.82, 2.24) is 14.5 Å². The zero-order valence-corrected chi connectivity index (χ0v) is 12.2. The van der Waals surface area contributed by atoms with Gasteiger partial charge >= 0.3 is 0 Å². The molecule has 0 aliphatic heterocycles. The van der Waals surface area contributed by atoms with E-state index in [-0.39, 0.29) is 23.4 Å². The van der Waals surface area contributed by atoms with Crippen LogP contribution in [-0.2, 0) is 0 Å². The molecule has 0 saturated heterocycles. The molecule has 0 amide bonds. The molecular weight excluding hydrogens is 262 g/mol. The molecule has 0 bridgehead atoms. The summed E-state index contributed by atoms with van der Waals surface area (Å²) in [5, 5.41) is 0. The van der Waals surface area contributed by atoms with E-state index in [9.17, 15) is 8.78 Å². The first-order chi connectivity index (χ1) is 9.31. The van der Waals surface area contributed by atoms with Crippen LogP contribution in [0, 0.1) is 17.6 Å². The van der Waals surface area contributed by atoms with Gasteiger partial charge < -0.3 is 15.2 Å². The van der Waals surface area contributed by atoms with E-state index < -0.39 is 11.6 Å². The van der Waals surface area contributed by atoms with Gasteiger partial charge in [0.25, 0.3) is 0 Å². The lowest BCUT2D eigenvalue weighted by atomic mass is 10.0. The third-order valence-corrected chi connectivity index (χ3v) is 3.39. The highest BCUT2D eigenvalue weighted by molar-refractivity contribution is 5.79. The molecule has 1 aromatic heterocycles. The van der Waals surface area contributed by atoms with Crippen molar-refractivity contribution in [1.29, 1.82) is 0 Å². The highest BCUT2D eigenvalue weighted by Crippen LogP contribution is 2.29. The molecule has 20 heavy (non-hydrogen) atoms. The molecule has 0 radical (unpaired) electrons. The van der Waals surface area contributed by atoms with Gasteiger partial charge in [-0.15, -0.1) is 0 Å².